The normalized spacial score (nSPS) is 19.6. The molecular formula is C18H23N7. The quantitative estimate of drug-likeness (QED) is 0.895. The van der Waals surface area contributed by atoms with Gasteiger partial charge in [0.15, 0.2) is 0 Å². The van der Waals surface area contributed by atoms with Gasteiger partial charge in [0.25, 0.3) is 0 Å². The Morgan fingerprint density at radius 2 is 1.96 bits per heavy atom. The lowest BCUT2D eigenvalue weighted by atomic mass is 9.87. The lowest BCUT2D eigenvalue weighted by Gasteiger charge is -2.45. The van der Waals surface area contributed by atoms with E-state index in [0.29, 0.717) is 5.96 Å². The Balaban J connectivity index is 1.70. The minimum atomic E-state index is -0.401. The van der Waals surface area contributed by atoms with E-state index in [0.717, 1.165) is 37.9 Å². The van der Waals surface area contributed by atoms with Crippen LogP contribution in [0, 0.1) is 0 Å². The second kappa shape index (κ2) is 6.23. The number of hydrogen-bond acceptors (Lipinski definition) is 6. The first-order valence-corrected chi connectivity index (χ1v) is 8.71. The van der Waals surface area contributed by atoms with Gasteiger partial charge in [0, 0.05) is 24.6 Å². The molecule has 1 saturated carbocycles. The predicted molar refractivity (Wildman–Crippen MR) is 99.3 cm³/mol. The highest BCUT2D eigenvalue weighted by Crippen LogP contribution is 2.39. The number of benzene rings is 1. The molecule has 2 aliphatic rings. The fraction of sp³-hybridized carbons (Fsp3) is 0.389. The first kappa shape index (κ1) is 15.7. The largest absolute Gasteiger partial charge is 0.369 e. The highest BCUT2D eigenvalue weighted by Gasteiger charge is 2.42. The smallest absolute Gasteiger partial charge is 0.220 e. The summed E-state index contributed by atoms with van der Waals surface area (Å²) in [5, 5.41) is 0. The van der Waals surface area contributed by atoms with E-state index in [-0.39, 0.29) is 5.96 Å². The molecule has 0 amide bonds. The van der Waals surface area contributed by atoms with Crippen LogP contribution < -0.4 is 16.4 Å². The Hall–Kier alpha value is -2.83. The van der Waals surface area contributed by atoms with Crippen molar-refractivity contribution in [2.24, 2.45) is 21.5 Å². The van der Waals surface area contributed by atoms with Gasteiger partial charge in [0.2, 0.25) is 11.9 Å². The van der Waals surface area contributed by atoms with Gasteiger partial charge in [-0.15, -0.1) is 0 Å². The van der Waals surface area contributed by atoms with Gasteiger partial charge < -0.3 is 16.0 Å². The van der Waals surface area contributed by atoms with Crippen molar-refractivity contribution in [3.8, 4) is 0 Å². The number of nitrogens with two attached hydrogens (primary N) is 2. The molecular weight excluding hydrogens is 314 g/mol. The van der Waals surface area contributed by atoms with Crippen LogP contribution in [0.2, 0.25) is 0 Å². The van der Waals surface area contributed by atoms with Crippen molar-refractivity contribution in [2.45, 2.75) is 44.3 Å². The van der Waals surface area contributed by atoms with Gasteiger partial charge in [0.1, 0.15) is 5.66 Å². The third-order valence-corrected chi connectivity index (χ3v) is 4.94. The summed E-state index contributed by atoms with van der Waals surface area (Å²) in [6, 6.07) is 8.36. The summed E-state index contributed by atoms with van der Waals surface area (Å²) in [7, 11) is 0. The number of anilines is 1. The molecule has 25 heavy (non-hydrogen) atoms. The number of aromatic nitrogens is 2. The van der Waals surface area contributed by atoms with Crippen LogP contribution in [0.1, 0.15) is 37.7 Å². The highest BCUT2D eigenvalue weighted by atomic mass is 15.4. The molecule has 0 unspecified atom stereocenters. The number of guanidine groups is 2. The first-order valence-electron chi connectivity index (χ1n) is 8.71. The van der Waals surface area contributed by atoms with Gasteiger partial charge in [-0.05, 0) is 43.4 Å². The second-order valence-electron chi connectivity index (χ2n) is 6.72. The summed E-state index contributed by atoms with van der Waals surface area (Å²) in [6.45, 7) is 0.761. The summed E-state index contributed by atoms with van der Waals surface area (Å²) in [4.78, 5) is 15.1. The SMILES string of the molecule is NC1=NC2(CCCCC2)N(c2cccc(Cn3ccnc3)c2)C(N)=N1. The van der Waals surface area contributed by atoms with Gasteiger partial charge >= 0.3 is 0 Å². The van der Waals surface area contributed by atoms with E-state index in [4.69, 9.17) is 16.5 Å². The van der Waals surface area contributed by atoms with Crippen molar-refractivity contribution < 1.29 is 0 Å². The standard InChI is InChI=1S/C18H23N7/c19-16-22-17(20)25(18(23-16)7-2-1-3-8-18)15-6-4-5-14(11-15)12-24-10-9-21-13-24/h4-6,9-11,13H,1-3,7-8,12H2,(H4,19,20,22,23). The molecule has 2 aromatic rings. The van der Waals surface area contributed by atoms with Crippen LogP contribution in [-0.4, -0.2) is 27.1 Å². The van der Waals surface area contributed by atoms with Crippen LogP contribution in [0.15, 0.2) is 53.0 Å². The third kappa shape index (κ3) is 2.97. The molecule has 0 atom stereocenters. The average Bonchev–Trinajstić information content (AvgIpc) is 3.08. The van der Waals surface area contributed by atoms with Crippen molar-refractivity contribution in [2.75, 3.05) is 4.90 Å². The minimum Gasteiger partial charge on any atom is -0.369 e. The van der Waals surface area contributed by atoms with Crippen LogP contribution in [0.5, 0.6) is 0 Å². The summed E-state index contributed by atoms with van der Waals surface area (Å²) in [5.74, 6) is 0.708. The number of imidazole rings is 1. The van der Waals surface area contributed by atoms with Gasteiger partial charge in [-0.25, -0.2) is 9.98 Å². The van der Waals surface area contributed by atoms with Gasteiger partial charge in [-0.2, -0.15) is 4.99 Å². The van der Waals surface area contributed by atoms with Gasteiger partial charge in [0.05, 0.1) is 6.33 Å². The second-order valence-corrected chi connectivity index (χ2v) is 6.72. The molecule has 7 nitrogen and oxygen atoms in total. The molecule has 4 rings (SSSR count). The maximum atomic E-state index is 6.29. The van der Waals surface area contributed by atoms with Crippen molar-refractivity contribution in [1.29, 1.82) is 0 Å². The molecule has 1 aliphatic carbocycles. The maximum Gasteiger partial charge on any atom is 0.220 e. The zero-order valence-corrected chi connectivity index (χ0v) is 14.2. The molecule has 1 spiro atoms. The summed E-state index contributed by atoms with van der Waals surface area (Å²) >= 11 is 0. The lowest BCUT2D eigenvalue weighted by molar-refractivity contribution is 0.305. The lowest BCUT2D eigenvalue weighted by Crippen LogP contribution is -2.58. The molecule has 2 heterocycles. The number of aliphatic imine (C=N–C) groups is 2. The molecule has 0 bridgehead atoms. The van der Waals surface area contributed by atoms with Crippen molar-refractivity contribution >= 4 is 17.6 Å². The Morgan fingerprint density at radius 1 is 1.12 bits per heavy atom. The zero-order valence-electron chi connectivity index (χ0n) is 14.2. The molecule has 1 aliphatic heterocycles. The number of nitrogens with zero attached hydrogens (tertiary/aromatic N) is 5. The highest BCUT2D eigenvalue weighted by molar-refractivity contribution is 6.05. The van der Waals surface area contributed by atoms with E-state index < -0.39 is 5.66 Å². The first-order chi connectivity index (χ1) is 12.2. The van der Waals surface area contributed by atoms with Crippen LogP contribution in [0.4, 0.5) is 5.69 Å². The Morgan fingerprint density at radius 3 is 2.72 bits per heavy atom. The Kier molecular flexibility index (Phi) is 3.91. The van der Waals surface area contributed by atoms with E-state index in [1.54, 1.807) is 6.20 Å². The van der Waals surface area contributed by atoms with Crippen LogP contribution in [-0.2, 0) is 6.54 Å². The topological polar surface area (TPSA) is 97.8 Å². The average molecular weight is 337 g/mol. The predicted octanol–water partition coefficient (Wildman–Crippen LogP) is 2.04. The molecule has 1 fully saturated rings. The Labute approximate surface area is 147 Å². The van der Waals surface area contributed by atoms with Gasteiger partial charge in [-0.1, -0.05) is 18.6 Å². The van der Waals surface area contributed by atoms with E-state index in [1.807, 2.05) is 23.2 Å². The molecule has 0 saturated heterocycles. The van der Waals surface area contributed by atoms with E-state index in [9.17, 15) is 0 Å². The summed E-state index contributed by atoms with van der Waals surface area (Å²) in [6.07, 6.45) is 10.9. The fourth-order valence-electron chi connectivity index (χ4n) is 3.88. The zero-order chi connectivity index (χ0) is 17.3. The molecule has 1 aromatic heterocycles. The molecule has 1 aromatic carbocycles. The maximum absolute atomic E-state index is 6.29. The van der Waals surface area contributed by atoms with Crippen molar-refractivity contribution in [3.05, 3.63) is 48.5 Å². The van der Waals surface area contributed by atoms with Gasteiger partial charge in [-0.3, -0.25) is 4.90 Å². The summed E-state index contributed by atoms with van der Waals surface area (Å²) in [5.41, 5.74) is 14.0. The van der Waals surface area contributed by atoms with E-state index >= 15 is 0 Å². The number of rotatable bonds is 3. The molecule has 130 valence electrons. The third-order valence-electron chi connectivity index (χ3n) is 4.94. The van der Waals surface area contributed by atoms with Crippen LogP contribution >= 0.6 is 0 Å². The minimum absolute atomic E-state index is 0.283. The fourth-order valence-corrected chi connectivity index (χ4v) is 3.88. The van der Waals surface area contributed by atoms with Crippen molar-refractivity contribution in [1.82, 2.24) is 9.55 Å². The molecule has 7 heteroatoms. The van der Waals surface area contributed by atoms with Crippen LogP contribution in [0.25, 0.3) is 0 Å². The summed E-state index contributed by atoms with van der Waals surface area (Å²) < 4.78 is 2.04. The van der Waals surface area contributed by atoms with Crippen molar-refractivity contribution in [3.63, 3.8) is 0 Å². The van der Waals surface area contributed by atoms with E-state index in [2.05, 4.69) is 33.1 Å². The molecule has 0 radical (unpaired) electrons. The monoisotopic (exact) mass is 337 g/mol. The Bertz CT molecular complexity index is 801. The number of hydrogen-bond donors (Lipinski definition) is 2. The van der Waals surface area contributed by atoms with E-state index in [1.165, 1.54) is 12.0 Å². The molecule has 4 N–H and O–H groups in total. The van der Waals surface area contributed by atoms with Crippen LogP contribution in [0.3, 0.4) is 0 Å².